The van der Waals surface area contributed by atoms with E-state index in [4.69, 9.17) is 0 Å². The summed E-state index contributed by atoms with van der Waals surface area (Å²) in [6, 6.07) is 0.305. The van der Waals surface area contributed by atoms with Gasteiger partial charge in [0, 0.05) is 31.6 Å². The molecule has 2 heterocycles. The lowest BCUT2D eigenvalue weighted by molar-refractivity contribution is -0.610. The van der Waals surface area contributed by atoms with E-state index in [0.717, 1.165) is 12.8 Å². The highest BCUT2D eigenvalue weighted by atomic mass is 16.1. The lowest BCUT2D eigenvalue weighted by Crippen LogP contribution is -2.43. The van der Waals surface area contributed by atoms with Gasteiger partial charge in [-0.05, 0) is 6.42 Å². The maximum atomic E-state index is 11.5. The van der Waals surface area contributed by atoms with Crippen LogP contribution < -0.4 is 0 Å². The molecule has 0 aromatic heterocycles. The van der Waals surface area contributed by atoms with Gasteiger partial charge >= 0.3 is 0 Å². The second kappa shape index (κ2) is 1.63. The predicted octanol–water partition coefficient (Wildman–Crippen LogP) is 1.16. The number of nitrogens with zero attached hydrogens (tertiary/aromatic N) is 2. The van der Waals surface area contributed by atoms with Crippen molar-refractivity contribution in [1.82, 2.24) is 0 Å². The van der Waals surface area contributed by atoms with Crippen molar-refractivity contribution < 1.29 is 9.49 Å². The topological polar surface area (TPSA) is 42.4 Å². The van der Waals surface area contributed by atoms with Gasteiger partial charge in [-0.1, -0.05) is 0 Å². The third-order valence-electron chi connectivity index (χ3n) is 4.24. The van der Waals surface area contributed by atoms with Crippen LogP contribution in [-0.4, -0.2) is 22.1 Å². The van der Waals surface area contributed by atoms with Crippen LogP contribution in [0.2, 0.25) is 0 Å². The zero-order valence-electron chi connectivity index (χ0n) is 7.16. The van der Waals surface area contributed by atoms with Crippen LogP contribution in [0.15, 0.2) is 0 Å². The Hall–Kier alpha value is -0.730. The lowest BCUT2D eigenvalue weighted by atomic mass is 9.84. The van der Waals surface area contributed by atoms with Crippen molar-refractivity contribution in [3.8, 4) is 0 Å². The maximum absolute atomic E-state index is 11.5. The SMILES string of the molecule is CC(=O)C12C[C@@H]3C[C@H]1CC3[N+]2=[N-]. The smallest absolute Gasteiger partial charge is 0.213 e. The monoisotopic (exact) mass is 164 g/mol. The number of carbonyl (C=O) groups excluding carboxylic acids is 1. The molecule has 3 nitrogen and oxygen atoms in total. The second-order valence-corrected chi connectivity index (χ2v) is 4.52. The minimum atomic E-state index is -0.449. The van der Waals surface area contributed by atoms with E-state index in [0.29, 0.717) is 17.9 Å². The second-order valence-electron chi connectivity index (χ2n) is 4.52. The number of carbonyl (C=O) groups is 1. The van der Waals surface area contributed by atoms with Gasteiger partial charge in [-0.2, -0.15) is 0 Å². The molecule has 0 aromatic rings. The molecule has 2 aliphatic carbocycles. The molecule has 0 spiro atoms. The molecule has 2 saturated carbocycles. The molecular weight excluding hydrogens is 152 g/mol. The minimum Gasteiger partial charge on any atom is -0.506 e. The third kappa shape index (κ3) is 0.433. The first-order chi connectivity index (χ1) is 5.66. The van der Waals surface area contributed by atoms with Gasteiger partial charge in [0.05, 0.1) is 0 Å². The molecule has 0 N–H and O–H groups in total. The number of rotatable bonds is 1. The molecule has 2 unspecified atom stereocenters. The van der Waals surface area contributed by atoms with Crippen molar-refractivity contribution >= 4 is 5.78 Å². The van der Waals surface area contributed by atoms with E-state index in [1.54, 1.807) is 6.92 Å². The Kier molecular flexibility index (Phi) is 0.917. The standard InChI is InChI=1S/C9H12N2O/c1-5(12)9-4-6-2-7(9)3-8(6)11(9)10/h6-8H,2-4H2,1H3/t6-,7-,8?,9?/m0/s1. The zero-order valence-corrected chi connectivity index (χ0v) is 7.16. The number of hydrogen-bond acceptors (Lipinski definition) is 1. The van der Waals surface area contributed by atoms with Crippen molar-refractivity contribution in [2.45, 2.75) is 37.8 Å². The molecule has 0 radical (unpaired) electrons. The van der Waals surface area contributed by atoms with Crippen molar-refractivity contribution in [3.05, 3.63) is 5.53 Å². The number of hydrogen-bond donors (Lipinski definition) is 0. The van der Waals surface area contributed by atoms with Crippen LogP contribution in [-0.2, 0) is 4.79 Å². The average molecular weight is 164 g/mol. The first-order valence-corrected chi connectivity index (χ1v) is 4.65. The van der Waals surface area contributed by atoms with Gasteiger partial charge in [-0.3, -0.25) is 4.79 Å². The molecule has 3 heteroatoms. The van der Waals surface area contributed by atoms with Crippen LogP contribution in [0.25, 0.3) is 5.53 Å². The highest BCUT2D eigenvalue weighted by molar-refractivity contribution is 5.86. The molecule has 4 fully saturated rings. The fraction of sp³-hybridized carbons (Fsp3) is 0.889. The first kappa shape index (κ1) is 6.75. The Bertz CT molecular complexity index is 299. The van der Waals surface area contributed by atoms with Gasteiger partial charge in [0.1, 0.15) is 6.04 Å². The van der Waals surface area contributed by atoms with Crippen LogP contribution in [0, 0.1) is 11.8 Å². The van der Waals surface area contributed by atoms with Gasteiger partial charge in [0.25, 0.3) is 0 Å². The molecular formula is C9H12N2O. The summed E-state index contributed by atoms with van der Waals surface area (Å²) in [5.41, 5.74) is 9.31. The third-order valence-corrected chi connectivity index (χ3v) is 4.24. The summed E-state index contributed by atoms with van der Waals surface area (Å²) >= 11 is 0. The van der Waals surface area contributed by atoms with Crippen LogP contribution in [0.4, 0.5) is 0 Å². The molecule has 12 heavy (non-hydrogen) atoms. The van der Waals surface area contributed by atoms with E-state index in [1.165, 1.54) is 11.1 Å². The summed E-state index contributed by atoms with van der Waals surface area (Å²) in [5, 5.41) is 0. The highest BCUT2D eigenvalue weighted by Crippen LogP contribution is 2.61. The van der Waals surface area contributed by atoms with Gasteiger partial charge in [-0.15, -0.1) is 0 Å². The fourth-order valence-electron chi connectivity index (χ4n) is 3.75. The summed E-state index contributed by atoms with van der Waals surface area (Å²) in [6.07, 6.45) is 3.12. The summed E-state index contributed by atoms with van der Waals surface area (Å²) < 4.78 is 1.37. The Balaban J connectivity index is 2.17. The Morgan fingerprint density at radius 2 is 2.33 bits per heavy atom. The molecule has 2 saturated heterocycles. The molecule has 4 aliphatic rings. The molecule has 0 amide bonds. The highest BCUT2D eigenvalue weighted by Gasteiger charge is 2.73. The lowest BCUT2D eigenvalue weighted by Gasteiger charge is -2.23. The largest absolute Gasteiger partial charge is 0.506 e. The van der Waals surface area contributed by atoms with E-state index >= 15 is 0 Å². The van der Waals surface area contributed by atoms with E-state index in [-0.39, 0.29) is 5.78 Å². The van der Waals surface area contributed by atoms with Crippen molar-refractivity contribution in [1.29, 1.82) is 0 Å². The molecule has 2 aliphatic heterocycles. The molecule has 4 atom stereocenters. The van der Waals surface area contributed by atoms with Crippen molar-refractivity contribution in [2.24, 2.45) is 11.8 Å². The molecule has 64 valence electrons. The Morgan fingerprint density at radius 1 is 1.58 bits per heavy atom. The van der Waals surface area contributed by atoms with Crippen LogP contribution in [0.3, 0.4) is 0 Å². The van der Waals surface area contributed by atoms with E-state index < -0.39 is 5.54 Å². The Labute approximate surface area is 71.2 Å². The van der Waals surface area contributed by atoms with Gasteiger partial charge in [0.15, 0.2) is 5.78 Å². The van der Waals surface area contributed by atoms with Gasteiger partial charge < -0.3 is 10.2 Å². The predicted molar refractivity (Wildman–Crippen MR) is 41.7 cm³/mol. The molecule has 4 bridgehead atoms. The molecule has 0 aromatic carbocycles. The van der Waals surface area contributed by atoms with Gasteiger partial charge in [-0.25, -0.2) is 0 Å². The maximum Gasteiger partial charge on any atom is 0.213 e. The van der Waals surface area contributed by atoms with E-state index in [1.807, 2.05) is 0 Å². The van der Waals surface area contributed by atoms with Crippen LogP contribution in [0.1, 0.15) is 26.2 Å². The number of Topliss-reactive ketones (excluding diaryl/α,β-unsaturated/α-hetero) is 1. The summed E-state index contributed by atoms with van der Waals surface area (Å²) in [6.45, 7) is 1.62. The summed E-state index contributed by atoms with van der Waals surface area (Å²) in [5.74, 6) is 1.22. The molecule has 4 rings (SSSR count). The number of ketones is 1. The quantitative estimate of drug-likeness (QED) is 0.536. The van der Waals surface area contributed by atoms with Crippen molar-refractivity contribution in [2.75, 3.05) is 0 Å². The Morgan fingerprint density at radius 3 is 2.58 bits per heavy atom. The van der Waals surface area contributed by atoms with Crippen LogP contribution in [0.5, 0.6) is 0 Å². The van der Waals surface area contributed by atoms with Gasteiger partial charge in [0.2, 0.25) is 5.54 Å². The van der Waals surface area contributed by atoms with Crippen molar-refractivity contribution in [3.63, 3.8) is 0 Å². The van der Waals surface area contributed by atoms with E-state index in [9.17, 15) is 10.3 Å². The average Bonchev–Trinajstić information content (AvgIpc) is 2.65. The van der Waals surface area contributed by atoms with E-state index in [2.05, 4.69) is 0 Å². The zero-order chi connectivity index (χ0) is 8.51. The number of piperidine rings is 1. The fourth-order valence-corrected chi connectivity index (χ4v) is 3.75. The first-order valence-electron chi connectivity index (χ1n) is 4.65. The normalized spacial score (nSPS) is 54.1. The summed E-state index contributed by atoms with van der Waals surface area (Å²) in [7, 11) is 0. The summed E-state index contributed by atoms with van der Waals surface area (Å²) in [4.78, 5) is 11.5. The van der Waals surface area contributed by atoms with Crippen LogP contribution >= 0.6 is 0 Å². The minimum absolute atomic E-state index is 0.164.